The Bertz CT molecular complexity index is 1020. The van der Waals surface area contributed by atoms with Crippen LogP contribution in [0.1, 0.15) is 34.9 Å². The molecule has 0 unspecified atom stereocenters. The summed E-state index contributed by atoms with van der Waals surface area (Å²) in [5, 5.41) is 0. The largest absolute Gasteiger partial charge is 0.482 e. The van der Waals surface area contributed by atoms with Gasteiger partial charge in [0.25, 0.3) is 0 Å². The highest BCUT2D eigenvalue weighted by molar-refractivity contribution is 5.61. The monoisotopic (exact) mass is 373 g/mol. The molecule has 2 heterocycles. The zero-order chi connectivity index (χ0) is 19.5. The minimum atomic E-state index is -0.156. The highest BCUT2D eigenvalue weighted by atomic mass is 16.5. The second-order valence-electron chi connectivity index (χ2n) is 7.25. The molecule has 0 aliphatic carbocycles. The number of hydrogen-bond acceptors (Lipinski definition) is 4. The summed E-state index contributed by atoms with van der Waals surface area (Å²) >= 11 is 0. The zero-order valence-corrected chi connectivity index (χ0v) is 16.0. The van der Waals surface area contributed by atoms with Crippen LogP contribution in [0.25, 0.3) is 5.57 Å². The number of fused-ring (bicyclic) bond motifs is 1. The quantitative estimate of drug-likeness (QED) is 0.624. The molecule has 28 heavy (non-hydrogen) atoms. The van der Waals surface area contributed by atoms with Crippen LogP contribution >= 0.6 is 0 Å². The fourth-order valence-electron chi connectivity index (χ4n) is 3.41. The van der Waals surface area contributed by atoms with Gasteiger partial charge in [0.2, 0.25) is 11.2 Å². The van der Waals surface area contributed by atoms with E-state index in [4.69, 9.17) is 9.15 Å². The average Bonchev–Trinajstić information content (AvgIpc) is 3.10. The van der Waals surface area contributed by atoms with E-state index in [0.29, 0.717) is 18.9 Å². The maximum absolute atomic E-state index is 12.4. The van der Waals surface area contributed by atoms with Gasteiger partial charge in [0, 0.05) is 19.2 Å². The molecular formula is C24H23NO3. The molecule has 2 aromatic carbocycles. The van der Waals surface area contributed by atoms with Crippen LogP contribution in [0.4, 0.5) is 0 Å². The Labute approximate surface area is 164 Å². The van der Waals surface area contributed by atoms with Crippen molar-refractivity contribution in [3.8, 4) is 5.75 Å². The smallest absolute Gasteiger partial charge is 0.227 e. The predicted octanol–water partition coefficient (Wildman–Crippen LogP) is 4.77. The van der Waals surface area contributed by atoms with Crippen LogP contribution in [0, 0.1) is 0 Å². The Kier molecular flexibility index (Phi) is 5.13. The minimum Gasteiger partial charge on any atom is -0.482 e. The SMILES string of the molecule is C=C(C)c1ccc(COc2coc(CN3Cc4ccccc4C3)cc2=O)cc1. The van der Waals surface area contributed by atoms with E-state index in [-0.39, 0.29) is 11.2 Å². The maximum Gasteiger partial charge on any atom is 0.227 e. The molecule has 3 aromatic rings. The molecule has 4 heteroatoms. The third-order valence-corrected chi connectivity index (χ3v) is 4.98. The minimum absolute atomic E-state index is 0.156. The van der Waals surface area contributed by atoms with E-state index in [1.54, 1.807) is 0 Å². The fraction of sp³-hybridized carbons (Fsp3) is 0.208. The van der Waals surface area contributed by atoms with Gasteiger partial charge in [0.15, 0.2) is 0 Å². The summed E-state index contributed by atoms with van der Waals surface area (Å²) in [5.74, 6) is 0.883. The summed E-state index contributed by atoms with van der Waals surface area (Å²) in [7, 11) is 0. The van der Waals surface area contributed by atoms with Crippen molar-refractivity contribution in [3.63, 3.8) is 0 Å². The Morgan fingerprint density at radius 1 is 1.11 bits per heavy atom. The summed E-state index contributed by atoms with van der Waals surface area (Å²) in [4.78, 5) is 14.6. The van der Waals surface area contributed by atoms with Crippen molar-refractivity contribution in [3.05, 3.63) is 106 Å². The van der Waals surface area contributed by atoms with E-state index in [2.05, 4.69) is 35.7 Å². The lowest BCUT2D eigenvalue weighted by molar-refractivity contribution is 0.241. The lowest BCUT2D eigenvalue weighted by Gasteiger charge is -2.14. The molecule has 0 bridgehead atoms. The van der Waals surface area contributed by atoms with E-state index < -0.39 is 0 Å². The van der Waals surface area contributed by atoms with Gasteiger partial charge in [-0.05, 0) is 29.2 Å². The number of ether oxygens (including phenoxy) is 1. The van der Waals surface area contributed by atoms with Gasteiger partial charge < -0.3 is 9.15 Å². The van der Waals surface area contributed by atoms with E-state index in [1.165, 1.54) is 23.5 Å². The highest BCUT2D eigenvalue weighted by Gasteiger charge is 2.19. The summed E-state index contributed by atoms with van der Waals surface area (Å²) < 4.78 is 11.3. The van der Waals surface area contributed by atoms with Crippen LogP contribution in [0.3, 0.4) is 0 Å². The molecule has 0 N–H and O–H groups in total. The molecule has 142 valence electrons. The molecule has 0 atom stereocenters. The first-order valence-corrected chi connectivity index (χ1v) is 9.37. The van der Waals surface area contributed by atoms with Crippen LogP contribution in [-0.2, 0) is 26.2 Å². The van der Waals surface area contributed by atoms with E-state index in [0.717, 1.165) is 29.8 Å². The topological polar surface area (TPSA) is 42.7 Å². The van der Waals surface area contributed by atoms with Gasteiger partial charge in [-0.25, -0.2) is 0 Å². The predicted molar refractivity (Wildman–Crippen MR) is 110 cm³/mol. The number of hydrogen-bond donors (Lipinski definition) is 0. The Morgan fingerprint density at radius 2 is 1.79 bits per heavy atom. The standard InChI is InChI=1S/C24H23NO3/c1-17(2)19-9-7-18(8-10-19)15-28-24-16-27-22(11-23(24)26)14-25-12-20-5-3-4-6-21(20)13-25/h3-11,16H,1,12-15H2,2H3. The normalized spacial score (nSPS) is 13.3. The van der Waals surface area contributed by atoms with Crippen molar-refractivity contribution in [2.45, 2.75) is 33.2 Å². The fourth-order valence-corrected chi connectivity index (χ4v) is 3.41. The number of nitrogens with zero attached hydrogens (tertiary/aromatic N) is 1. The van der Waals surface area contributed by atoms with Crippen molar-refractivity contribution in [1.29, 1.82) is 0 Å². The van der Waals surface area contributed by atoms with Crippen molar-refractivity contribution in [1.82, 2.24) is 4.90 Å². The molecule has 0 spiro atoms. The summed E-state index contributed by atoms with van der Waals surface area (Å²) in [6, 6.07) is 17.9. The highest BCUT2D eigenvalue weighted by Crippen LogP contribution is 2.24. The van der Waals surface area contributed by atoms with Crippen molar-refractivity contribution in [2.75, 3.05) is 0 Å². The van der Waals surface area contributed by atoms with Crippen LogP contribution in [0.15, 0.2) is 76.7 Å². The van der Waals surface area contributed by atoms with Crippen LogP contribution in [0.5, 0.6) is 5.75 Å². The molecule has 0 saturated heterocycles. The van der Waals surface area contributed by atoms with Gasteiger partial charge in [-0.2, -0.15) is 0 Å². The molecule has 0 amide bonds. The van der Waals surface area contributed by atoms with Gasteiger partial charge in [-0.3, -0.25) is 9.69 Å². The molecule has 0 saturated carbocycles. The first-order chi connectivity index (χ1) is 13.6. The van der Waals surface area contributed by atoms with Crippen molar-refractivity contribution >= 4 is 5.57 Å². The molecule has 0 radical (unpaired) electrons. The Morgan fingerprint density at radius 3 is 2.39 bits per heavy atom. The van der Waals surface area contributed by atoms with Gasteiger partial charge >= 0.3 is 0 Å². The van der Waals surface area contributed by atoms with Crippen molar-refractivity contribution in [2.24, 2.45) is 0 Å². The molecule has 1 aliphatic rings. The third kappa shape index (κ3) is 4.07. The summed E-state index contributed by atoms with van der Waals surface area (Å²) in [6.07, 6.45) is 1.42. The average molecular weight is 373 g/mol. The Hall–Kier alpha value is -3.11. The zero-order valence-electron chi connectivity index (χ0n) is 16.0. The maximum atomic E-state index is 12.4. The van der Waals surface area contributed by atoms with Gasteiger partial charge in [-0.15, -0.1) is 0 Å². The second kappa shape index (κ2) is 7.87. The third-order valence-electron chi connectivity index (χ3n) is 4.98. The van der Waals surface area contributed by atoms with Crippen LogP contribution in [0.2, 0.25) is 0 Å². The van der Waals surface area contributed by atoms with Crippen LogP contribution in [-0.4, -0.2) is 4.90 Å². The number of benzene rings is 2. The first-order valence-electron chi connectivity index (χ1n) is 9.37. The second-order valence-corrected chi connectivity index (χ2v) is 7.25. The lowest BCUT2D eigenvalue weighted by atomic mass is 10.1. The molecule has 1 aliphatic heterocycles. The molecule has 0 fully saturated rings. The van der Waals surface area contributed by atoms with E-state index in [1.807, 2.05) is 31.2 Å². The first kappa shape index (κ1) is 18.3. The van der Waals surface area contributed by atoms with Crippen LogP contribution < -0.4 is 10.2 Å². The Balaban J connectivity index is 1.37. The molecule has 1 aromatic heterocycles. The molecule has 4 rings (SSSR count). The van der Waals surface area contributed by atoms with Crippen molar-refractivity contribution < 1.29 is 9.15 Å². The number of allylic oxidation sites excluding steroid dienone is 1. The number of rotatable bonds is 6. The van der Waals surface area contributed by atoms with Gasteiger partial charge in [-0.1, -0.05) is 60.7 Å². The summed E-state index contributed by atoms with van der Waals surface area (Å²) in [6.45, 7) is 8.57. The van der Waals surface area contributed by atoms with E-state index in [9.17, 15) is 4.79 Å². The van der Waals surface area contributed by atoms with E-state index >= 15 is 0 Å². The molecule has 4 nitrogen and oxygen atoms in total. The molecular weight excluding hydrogens is 350 g/mol. The lowest BCUT2D eigenvalue weighted by Crippen LogP contribution is -2.17. The summed E-state index contributed by atoms with van der Waals surface area (Å²) in [5.41, 5.74) is 5.62. The van der Waals surface area contributed by atoms with Gasteiger partial charge in [0.05, 0.1) is 6.54 Å². The van der Waals surface area contributed by atoms with Gasteiger partial charge in [0.1, 0.15) is 18.6 Å².